The summed E-state index contributed by atoms with van der Waals surface area (Å²) in [4.78, 5) is 19.3. The van der Waals surface area contributed by atoms with Gasteiger partial charge in [-0.2, -0.15) is 0 Å². The van der Waals surface area contributed by atoms with Gasteiger partial charge in [-0.15, -0.1) is 0 Å². The highest BCUT2D eigenvalue weighted by Crippen LogP contribution is 2.24. The number of anilines is 1. The fourth-order valence-corrected chi connectivity index (χ4v) is 4.19. The van der Waals surface area contributed by atoms with Crippen LogP contribution in [0.4, 0.5) is 10.5 Å². The van der Waals surface area contributed by atoms with Crippen LogP contribution >= 0.6 is 0 Å². The maximum Gasteiger partial charge on any atom is 0.317 e. The molecule has 3 aliphatic heterocycles. The maximum absolute atomic E-state index is 12.7. The molecule has 3 aliphatic rings. The largest absolute Gasteiger partial charge is 0.373 e. The number of rotatable bonds is 2. The number of carbonyl (C=O) groups is 1. The molecule has 0 spiro atoms. The van der Waals surface area contributed by atoms with E-state index in [4.69, 9.17) is 4.74 Å². The predicted molar refractivity (Wildman–Crippen MR) is 97.9 cm³/mol. The highest BCUT2D eigenvalue weighted by Gasteiger charge is 2.32. The highest BCUT2D eigenvalue weighted by molar-refractivity contribution is 5.75. The zero-order valence-corrected chi connectivity index (χ0v) is 15.0. The molecule has 2 atom stereocenters. The summed E-state index contributed by atoms with van der Waals surface area (Å²) < 4.78 is 5.94. The number of amides is 2. The molecule has 4 rings (SSSR count). The SMILES string of the molecule is CN1CCN(C(=O)NCC2CN3CCCC3CO2)Cc2ccccc21. The Balaban J connectivity index is 1.32. The number of fused-ring (bicyclic) bond motifs is 2. The second-order valence-electron chi connectivity index (χ2n) is 7.40. The van der Waals surface area contributed by atoms with Gasteiger partial charge in [0.05, 0.1) is 12.7 Å². The van der Waals surface area contributed by atoms with Gasteiger partial charge in [-0.3, -0.25) is 4.90 Å². The molecule has 2 unspecified atom stereocenters. The standard InChI is InChI=1S/C19H28N4O2/c1-21-9-10-23(12-15-5-2-3-7-18(15)21)19(24)20-11-17-13-22-8-4-6-16(22)14-25-17/h2-3,5,7,16-17H,4,6,8-14H2,1H3,(H,20,24). The lowest BCUT2D eigenvalue weighted by molar-refractivity contribution is -0.0461. The average molecular weight is 344 g/mol. The molecule has 1 aromatic carbocycles. The number of hydrogen-bond donors (Lipinski definition) is 1. The van der Waals surface area contributed by atoms with E-state index in [-0.39, 0.29) is 12.1 Å². The maximum atomic E-state index is 12.7. The van der Waals surface area contributed by atoms with Crippen LogP contribution in [0.15, 0.2) is 24.3 Å². The number of urea groups is 1. The lowest BCUT2D eigenvalue weighted by atomic mass is 10.1. The van der Waals surface area contributed by atoms with E-state index < -0.39 is 0 Å². The summed E-state index contributed by atoms with van der Waals surface area (Å²) in [6.45, 7) is 5.76. The van der Waals surface area contributed by atoms with Crippen molar-refractivity contribution in [2.75, 3.05) is 51.3 Å². The van der Waals surface area contributed by atoms with Crippen LogP contribution in [-0.4, -0.2) is 74.4 Å². The van der Waals surface area contributed by atoms with Gasteiger partial charge in [-0.05, 0) is 31.0 Å². The van der Waals surface area contributed by atoms with E-state index in [1.165, 1.54) is 30.6 Å². The second-order valence-corrected chi connectivity index (χ2v) is 7.40. The summed E-state index contributed by atoms with van der Waals surface area (Å²) in [5.74, 6) is 0. The summed E-state index contributed by atoms with van der Waals surface area (Å²) in [5.41, 5.74) is 2.42. The Morgan fingerprint density at radius 2 is 2.16 bits per heavy atom. The van der Waals surface area contributed by atoms with E-state index in [2.05, 4.69) is 40.4 Å². The lowest BCUT2D eigenvalue weighted by Crippen LogP contribution is -2.51. The van der Waals surface area contributed by atoms with Crippen molar-refractivity contribution in [1.29, 1.82) is 0 Å². The molecule has 2 amide bonds. The van der Waals surface area contributed by atoms with Crippen LogP contribution in [0.25, 0.3) is 0 Å². The first-order valence-corrected chi connectivity index (χ1v) is 9.38. The number of benzene rings is 1. The van der Waals surface area contributed by atoms with Gasteiger partial charge in [0, 0.05) is 51.5 Å². The first-order chi connectivity index (χ1) is 12.2. The molecule has 136 valence electrons. The van der Waals surface area contributed by atoms with Crippen molar-refractivity contribution in [3.8, 4) is 0 Å². The Kier molecular flexibility index (Phi) is 4.81. The molecule has 0 saturated carbocycles. The van der Waals surface area contributed by atoms with E-state index in [1.54, 1.807) is 0 Å². The molecular formula is C19H28N4O2. The van der Waals surface area contributed by atoms with Gasteiger partial charge in [0.1, 0.15) is 0 Å². The van der Waals surface area contributed by atoms with Crippen molar-refractivity contribution in [1.82, 2.24) is 15.1 Å². The van der Waals surface area contributed by atoms with Crippen molar-refractivity contribution in [3.63, 3.8) is 0 Å². The topological polar surface area (TPSA) is 48.0 Å². The van der Waals surface area contributed by atoms with Crippen LogP contribution in [0.5, 0.6) is 0 Å². The van der Waals surface area contributed by atoms with Crippen molar-refractivity contribution in [2.24, 2.45) is 0 Å². The van der Waals surface area contributed by atoms with Gasteiger partial charge in [-0.1, -0.05) is 18.2 Å². The van der Waals surface area contributed by atoms with Crippen molar-refractivity contribution < 1.29 is 9.53 Å². The molecule has 0 bridgehead atoms. The first kappa shape index (κ1) is 16.7. The van der Waals surface area contributed by atoms with Crippen LogP contribution in [-0.2, 0) is 11.3 Å². The summed E-state index contributed by atoms with van der Waals surface area (Å²) in [7, 11) is 2.09. The third-order valence-electron chi connectivity index (χ3n) is 5.70. The van der Waals surface area contributed by atoms with E-state index >= 15 is 0 Å². The molecule has 6 nitrogen and oxygen atoms in total. The molecular weight excluding hydrogens is 316 g/mol. The summed E-state index contributed by atoms with van der Waals surface area (Å²) in [6, 6.07) is 8.93. The third kappa shape index (κ3) is 3.60. The number of carbonyl (C=O) groups excluding carboxylic acids is 1. The van der Waals surface area contributed by atoms with Gasteiger partial charge >= 0.3 is 6.03 Å². The van der Waals surface area contributed by atoms with Crippen LogP contribution in [0.3, 0.4) is 0 Å². The van der Waals surface area contributed by atoms with Crippen LogP contribution in [0.1, 0.15) is 18.4 Å². The number of morpholine rings is 1. The van der Waals surface area contributed by atoms with E-state index in [0.717, 1.165) is 26.2 Å². The molecule has 2 fully saturated rings. The average Bonchev–Trinajstić information content (AvgIpc) is 3.04. The van der Waals surface area contributed by atoms with Crippen molar-refractivity contribution in [3.05, 3.63) is 29.8 Å². The summed E-state index contributed by atoms with van der Waals surface area (Å²) in [6.07, 6.45) is 2.63. The monoisotopic (exact) mass is 344 g/mol. The summed E-state index contributed by atoms with van der Waals surface area (Å²) >= 11 is 0. The highest BCUT2D eigenvalue weighted by atomic mass is 16.5. The number of hydrogen-bond acceptors (Lipinski definition) is 4. The quantitative estimate of drug-likeness (QED) is 0.884. The molecule has 25 heavy (non-hydrogen) atoms. The van der Waals surface area contributed by atoms with Gasteiger partial charge < -0.3 is 19.9 Å². The second kappa shape index (κ2) is 7.22. The number of ether oxygens (including phenoxy) is 1. The Hall–Kier alpha value is -1.79. The normalized spacial score (nSPS) is 26.8. The minimum atomic E-state index is 0.0113. The Morgan fingerprint density at radius 3 is 3.08 bits per heavy atom. The van der Waals surface area contributed by atoms with Gasteiger partial charge in [0.15, 0.2) is 0 Å². The molecule has 0 aromatic heterocycles. The minimum absolute atomic E-state index is 0.0113. The molecule has 6 heteroatoms. The van der Waals surface area contributed by atoms with Crippen molar-refractivity contribution >= 4 is 11.7 Å². The Labute approximate surface area is 149 Å². The van der Waals surface area contributed by atoms with E-state index in [0.29, 0.717) is 19.1 Å². The van der Waals surface area contributed by atoms with Crippen LogP contribution in [0, 0.1) is 0 Å². The minimum Gasteiger partial charge on any atom is -0.373 e. The zero-order valence-electron chi connectivity index (χ0n) is 15.0. The van der Waals surface area contributed by atoms with Gasteiger partial charge in [0.2, 0.25) is 0 Å². The first-order valence-electron chi connectivity index (χ1n) is 9.38. The fourth-order valence-electron chi connectivity index (χ4n) is 4.19. The van der Waals surface area contributed by atoms with Crippen molar-refractivity contribution in [2.45, 2.75) is 31.5 Å². The van der Waals surface area contributed by atoms with E-state index in [9.17, 15) is 4.79 Å². The summed E-state index contributed by atoms with van der Waals surface area (Å²) in [5, 5.41) is 3.09. The molecule has 3 heterocycles. The third-order valence-corrected chi connectivity index (χ3v) is 5.70. The van der Waals surface area contributed by atoms with Gasteiger partial charge in [0.25, 0.3) is 0 Å². The predicted octanol–water partition coefficient (Wildman–Crippen LogP) is 1.51. The number of para-hydroxylation sites is 1. The fraction of sp³-hybridized carbons (Fsp3) is 0.632. The number of likely N-dealkylation sites (N-methyl/N-ethyl adjacent to an activating group) is 1. The number of nitrogens with one attached hydrogen (secondary N) is 1. The smallest absolute Gasteiger partial charge is 0.317 e. The molecule has 2 saturated heterocycles. The number of nitrogens with zero attached hydrogens (tertiary/aromatic N) is 3. The molecule has 1 aromatic rings. The van der Waals surface area contributed by atoms with Gasteiger partial charge in [-0.25, -0.2) is 4.79 Å². The Morgan fingerprint density at radius 1 is 1.28 bits per heavy atom. The molecule has 1 N–H and O–H groups in total. The molecule has 0 aliphatic carbocycles. The van der Waals surface area contributed by atoms with Crippen LogP contribution < -0.4 is 10.2 Å². The zero-order chi connectivity index (χ0) is 17.2. The Bertz CT molecular complexity index is 623. The van der Waals surface area contributed by atoms with E-state index in [1.807, 2.05) is 11.0 Å². The molecule has 0 radical (unpaired) electrons. The van der Waals surface area contributed by atoms with Crippen LogP contribution in [0.2, 0.25) is 0 Å². The lowest BCUT2D eigenvalue weighted by Gasteiger charge is -2.35.